The van der Waals surface area contributed by atoms with Gasteiger partial charge in [-0.25, -0.2) is 0 Å². The molecule has 1 atom stereocenters. The molecule has 112 valence electrons. The summed E-state index contributed by atoms with van der Waals surface area (Å²) in [6.07, 6.45) is 1.97. The number of hydrogen-bond acceptors (Lipinski definition) is 4. The molecular formula is C14H21BrN2O2S. The van der Waals surface area contributed by atoms with Gasteiger partial charge in [0, 0.05) is 24.0 Å². The first-order chi connectivity index (χ1) is 9.45. The summed E-state index contributed by atoms with van der Waals surface area (Å²) in [6, 6.07) is 0.208. The number of amides is 1. The standard InChI is InChI=1S/C14H21BrN2O2S/c1-8(16)10-4-6-17(7-5-10)14(18)13-12(19-3)11(15)9(2)20-13/h8,10H,4-7,16H2,1-3H3. The molecular weight excluding hydrogens is 340 g/mol. The molecule has 1 unspecified atom stereocenters. The second-order valence-corrected chi connectivity index (χ2v) is 7.34. The highest BCUT2D eigenvalue weighted by Crippen LogP contribution is 2.40. The van der Waals surface area contributed by atoms with Crippen molar-refractivity contribution in [1.82, 2.24) is 4.90 Å². The molecule has 2 rings (SSSR count). The normalized spacial score (nSPS) is 18.1. The molecule has 1 amide bonds. The van der Waals surface area contributed by atoms with Crippen molar-refractivity contribution in [3.63, 3.8) is 0 Å². The van der Waals surface area contributed by atoms with E-state index in [1.807, 2.05) is 18.7 Å². The van der Waals surface area contributed by atoms with E-state index in [1.54, 1.807) is 7.11 Å². The maximum Gasteiger partial charge on any atom is 0.267 e. The van der Waals surface area contributed by atoms with Crippen LogP contribution in [0.2, 0.25) is 0 Å². The molecule has 2 N–H and O–H groups in total. The predicted molar refractivity (Wildman–Crippen MR) is 85.6 cm³/mol. The van der Waals surface area contributed by atoms with Crippen LogP contribution in [0.25, 0.3) is 0 Å². The molecule has 1 aliphatic rings. The van der Waals surface area contributed by atoms with Crippen LogP contribution in [0.15, 0.2) is 4.47 Å². The van der Waals surface area contributed by atoms with Crippen LogP contribution in [0.1, 0.15) is 34.3 Å². The Bertz CT molecular complexity index is 494. The predicted octanol–water partition coefficient (Wildman–Crippen LogP) is 3.03. The summed E-state index contributed by atoms with van der Waals surface area (Å²) >= 11 is 4.97. The number of piperidine rings is 1. The molecule has 2 heterocycles. The van der Waals surface area contributed by atoms with E-state index in [0.29, 0.717) is 16.5 Å². The van der Waals surface area contributed by atoms with E-state index >= 15 is 0 Å². The average Bonchev–Trinajstić information content (AvgIpc) is 2.73. The van der Waals surface area contributed by atoms with E-state index in [1.165, 1.54) is 11.3 Å². The highest BCUT2D eigenvalue weighted by molar-refractivity contribution is 9.10. The smallest absolute Gasteiger partial charge is 0.267 e. The van der Waals surface area contributed by atoms with Crippen molar-refractivity contribution in [2.45, 2.75) is 32.7 Å². The van der Waals surface area contributed by atoms with Crippen molar-refractivity contribution in [1.29, 1.82) is 0 Å². The van der Waals surface area contributed by atoms with E-state index in [4.69, 9.17) is 10.5 Å². The molecule has 0 bridgehead atoms. The lowest BCUT2D eigenvalue weighted by Gasteiger charge is -2.33. The maximum atomic E-state index is 12.6. The van der Waals surface area contributed by atoms with Crippen LogP contribution in [0.4, 0.5) is 0 Å². The Kier molecular flexibility index (Phi) is 5.09. The fourth-order valence-electron chi connectivity index (χ4n) is 2.60. The Labute approximate surface area is 132 Å². The van der Waals surface area contributed by atoms with Crippen LogP contribution in [0, 0.1) is 12.8 Å². The molecule has 0 saturated carbocycles. The summed E-state index contributed by atoms with van der Waals surface area (Å²) in [5.41, 5.74) is 5.94. The average molecular weight is 361 g/mol. The summed E-state index contributed by atoms with van der Waals surface area (Å²) in [6.45, 7) is 5.59. The summed E-state index contributed by atoms with van der Waals surface area (Å²) < 4.78 is 6.25. The SMILES string of the molecule is COc1c(C(=O)N2CCC(C(C)N)CC2)sc(C)c1Br. The topological polar surface area (TPSA) is 55.6 Å². The van der Waals surface area contributed by atoms with Crippen LogP contribution in [0.3, 0.4) is 0 Å². The molecule has 1 saturated heterocycles. The van der Waals surface area contributed by atoms with Gasteiger partial charge < -0.3 is 15.4 Å². The minimum absolute atomic E-state index is 0.0729. The van der Waals surface area contributed by atoms with E-state index in [2.05, 4.69) is 15.9 Å². The van der Waals surface area contributed by atoms with Gasteiger partial charge in [0.1, 0.15) is 4.88 Å². The third kappa shape index (κ3) is 3.02. The summed E-state index contributed by atoms with van der Waals surface area (Å²) in [5.74, 6) is 1.26. The van der Waals surface area contributed by atoms with Gasteiger partial charge in [0.25, 0.3) is 5.91 Å². The van der Waals surface area contributed by atoms with Crippen molar-refractivity contribution in [2.24, 2.45) is 11.7 Å². The quantitative estimate of drug-likeness (QED) is 0.901. The molecule has 1 aromatic heterocycles. The third-order valence-electron chi connectivity index (χ3n) is 3.94. The summed E-state index contributed by atoms with van der Waals surface area (Å²) in [7, 11) is 1.60. The molecule has 4 nitrogen and oxygen atoms in total. The van der Waals surface area contributed by atoms with E-state index in [-0.39, 0.29) is 11.9 Å². The van der Waals surface area contributed by atoms with Crippen molar-refractivity contribution < 1.29 is 9.53 Å². The fraction of sp³-hybridized carbons (Fsp3) is 0.643. The van der Waals surface area contributed by atoms with Gasteiger partial charge in [-0.1, -0.05) is 0 Å². The Morgan fingerprint density at radius 1 is 1.50 bits per heavy atom. The number of rotatable bonds is 3. The zero-order valence-corrected chi connectivity index (χ0v) is 14.5. The second kappa shape index (κ2) is 6.45. The van der Waals surface area contributed by atoms with Crippen molar-refractivity contribution in [3.8, 4) is 5.75 Å². The number of nitrogens with two attached hydrogens (primary N) is 1. The highest BCUT2D eigenvalue weighted by Gasteiger charge is 2.29. The second-order valence-electron chi connectivity index (χ2n) is 5.32. The molecule has 20 heavy (non-hydrogen) atoms. The van der Waals surface area contributed by atoms with Crippen molar-refractivity contribution in [2.75, 3.05) is 20.2 Å². The number of thiophene rings is 1. The van der Waals surface area contributed by atoms with E-state index in [9.17, 15) is 4.79 Å². The molecule has 0 radical (unpaired) electrons. The van der Waals surface area contributed by atoms with Gasteiger partial charge in [-0.15, -0.1) is 11.3 Å². The summed E-state index contributed by atoms with van der Waals surface area (Å²) in [5, 5.41) is 0. The van der Waals surface area contributed by atoms with Gasteiger partial charge in [-0.2, -0.15) is 0 Å². The molecule has 1 aromatic rings. The van der Waals surface area contributed by atoms with Gasteiger partial charge in [0.15, 0.2) is 5.75 Å². The lowest BCUT2D eigenvalue weighted by Crippen LogP contribution is -2.42. The van der Waals surface area contributed by atoms with Gasteiger partial charge >= 0.3 is 0 Å². The number of carbonyl (C=O) groups is 1. The lowest BCUT2D eigenvalue weighted by atomic mass is 9.91. The first kappa shape index (κ1) is 15.8. The molecule has 0 aromatic carbocycles. The van der Waals surface area contributed by atoms with Gasteiger partial charge in [-0.05, 0) is 48.5 Å². The highest BCUT2D eigenvalue weighted by atomic mass is 79.9. The fourth-order valence-corrected chi connectivity index (χ4v) is 4.32. The first-order valence-electron chi connectivity index (χ1n) is 6.83. The zero-order valence-electron chi connectivity index (χ0n) is 12.1. The Balaban J connectivity index is 2.11. The monoisotopic (exact) mass is 360 g/mol. The van der Waals surface area contributed by atoms with Gasteiger partial charge in [0.2, 0.25) is 0 Å². The number of nitrogens with zero attached hydrogens (tertiary/aromatic N) is 1. The Morgan fingerprint density at radius 2 is 2.10 bits per heavy atom. The maximum absolute atomic E-state index is 12.6. The number of carbonyl (C=O) groups excluding carboxylic acids is 1. The van der Waals surface area contributed by atoms with Crippen molar-refractivity contribution >= 4 is 33.2 Å². The number of hydrogen-bond donors (Lipinski definition) is 1. The minimum Gasteiger partial charge on any atom is -0.494 e. The Morgan fingerprint density at radius 3 is 2.60 bits per heavy atom. The van der Waals surface area contributed by atoms with E-state index < -0.39 is 0 Å². The molecule has 1 fully saturated rings. The van der Waals surface area contributed by atoms with Gasteiger partial charge in [0.05, 0.1) is 11.6 Å². The number of aryl methyl sites for hydroxylation is 1. The summed E-state index contributed by atoms with van der Waals surface area (Å²) in [4.78, 5) is 16.3. The lowest BCUT2D eigenvalue weighted by molar-refractivity contribution is 0.0683. The number of methoxy groups -OCH3 is 1. The number of halogens is 1. The third-order valence-corrected chi connectivity index (χ3v) is 6.23. The molecule has 1 aliphatic heterocycles. The molecule has 0 spiro atoms. The first-order valence-corrected chi connectivity index (χ1v) is 8.44. The Hall–Kier alpha value is -0.590. The van der Waals surface area contributed by atoms with Crippen LogP contribution < -0.4 is 10.5 Å². The van der Waals surface area contributed by atoms with E-state index in [0.717, 1.165) is 35.3 Å². The van der Waals surface area contributed by atoms with Crippen LogP contribution in [-0.4, -0.2) is 37.0 Å². The van der Waals surface area contributed by atoms with Crippen LogP contribution in [0.5, 0.6) is 5.75 Å². The van der Waals surface area contributed by atoms with Crippen LogP contribution >= 0.6 is 27.3 Å². The number of likely N-dealkylation sites (tertiary alicyclic amines) is 1. The molecule has 0 aliphatic carbocycles. The largest absolute Gasteiger partial charge is 0.494 e. The zero-order chi connectivity index (χ0) is 14.9. The van der Waals surface area contributed by atoms with Crippen LogP contribution in [-0.2, 0) is 0 Å². The van der Waals surface area contributed by atoms with Crippen molar-refractivity contribution in [3.05, 3.63) is 14.2 Å². The number of ether oxygens (including phenoxy) is 1. The van der Waals surface area contributed by atoms with Gasteiger partial charge in [-0.3, -0.25) is 4.79 Å². The minimum atomic E-state index is 0.0729. The molecule has 6 heteroatoms.